The summed E-state index contributed by atoms with van der Waals surface area (Å²) in [4.78, 5) is 20.9. The van der Waals surface area contributed by atoms with E-state index in [4.69, 9.17) is 23.2 Å². The molecule has 1 saturated heterocycles. The number of hydrogen-bond acceptors (Lipinski definition) is 4. The summed E-state index contributed by atoms with van der Waals surface area (Å²) in [7, 11) is 7.67. The van der Waals surface area contributed by atoms with Crippen LogP contribution in [-0.2, 0) is 17.5 Å². The zero-order chi connectivity index (χ0) is 27.5. The second-order valence-electron chi connectivity index (χ2n) is 9.91. The van der Waals surface area contributed by atoms with Crippen molar-refractivity contribution in [1.82, 2.24) is 19.6 Å². The first kappa shape index (κ1) is 29.6. The molecule has 0 aromatic heterocycles. The van der Waals surface area contributed by atoms with E-state index in [9.17, 15) is 22.4 Å². The maximum Gasteiger partial charge on any atom is 0.419 e. The molecule has 1 aliphatic rings. The van der Waals surface area contributed by atoms with Crippen LogP contribution in [0.15, 0.2) is 36.4 Å². The van der Waals surface area contributed by atoms with E-state index in [1.54, 1.807) is 17.0 Å². The number of halogens is 6. The summed E-state index contributed by atoms with van der Waals surface area (Å²) < 4.78 is 53.1. The number of carbonyl (C=O) groups excluding carboxylic acids is 1. The predicted octanol–water partition coefficient (Wildman–Crippen LogP) is 5.07. The molecule has 0 bridgehead atoms. The van der Waals surface area contributed by atoms with Crippen LogP contribution >= 0.6 is 23.2 Å². The van der Waals surface area contributed by atoms with Gasteiger partial charge in [-0.15, -0.1) is 0 Å². The van der Waals surface area contributed by atoms with Crippen LogP contribution in [0.25, 0.3) is 0 Å². The van der Waals surface area contributed by atoms with Crippen LogP contribution in [0.4, 0.5) is 17.6 Å². The third kappa shape index (κ3) is 7.80. The van der Waals surface area contributed by atoms with Gasteiger partial charge in [-0.1, -0.05) is 35.3 Å². The number of alkyl halides is 3. The molecule has 2 unspecified atom stereocenters. The van der Waals surface area contributed by atoms with Gasteiger partial charge in [0.15, 0.2) is 0 Å². The zero-order valence-electron chi connectivity index (χ0n) is 21.3. The summed E-state index contributed by atoms with van der Waals surface area (Å²) in [6.07, 6.45) is -4.75. The highest BCUT2D eigenvalue weighted by molar-refractivity contribution is 6.42. The van der Waals surface area contributed by atoms with Crippen molar-refractivity contribution in [2.24, 2.45) is 0 Å². The monoisotopic (exact) mass is 562 g/mol. The van der Waals surface area contributed by atoms with Gasteiger partial charge in [-0.25, -0.2) is 4.39 Å². The van der Waals surface area contributed by atoms with Gasteiger partial charge in [0, 0.05) is 44.7 Å². The molecule has 1 aliphatic heterocycles. The number of likely N-dealkylation sites (tertiary alicyclic amines) is 1. The molecule has 2 aromatic carbocycles. The first-order valence-electron chi connectivity index (χ1n) is 11.9. The molecule has 2 atom stereocenters. The first-order valence-corrected chi connectivity index (χ1v) is 12.6. The third-order valence-electron chi connectivity index (χ3n) is 6.68. The minimum absolute atomic E-state index is 0.0113. The highest BCUT2D eigenvalue weighted by Gasteiger charge is 2.39. The lowest BCUT2D eigenvalue weighted by molar-refractivity contribution is -0.140. The lowest BCUT2D eigenvalue weighted by Crippen LogP contribution is -2.41. The number of rotatable bonds is 9. The molecule has 1 fully saturated rings. The van der Waals surface area contributed by atoms with Crippen molar-refractivity contribution in [3.63, 3.8) is 0 Å². The van der Waals surface area contributed by atoms with Gasteiger partial charge in [0.2, 0.25) is 5.91 Å². The summed E-state index contributed by atoms with van der Waals surface area (Å²) in [5.74, 6) is -1.43. The Balaban J connectivity index is 1.80. The fourth-order valence-corrected chi connectivity index (χ4v) is 4.89. The summed E-state index contributed by atoms with van der Waals surface area (Å²) >= 11 is 12.4. The smallest absolute Gasteiger partial charge is 0.339 e. The maximum atomic E-state index is 14.2. The first-order chi connectivity index (χ1) is 17.3. The number of likely N-dealkylation sites (N-methyl/N-ethyl adjacent to an activating group) is 3. The molecule has 0 N–H and O–H groups in total. The van der Waals surface area contributed by atoms with E-state index in [2.05, 4.69) is 0 Å². The minimum atomic E-state index is -4.75. The van der Waals surface area contributed by atoms with Gasteiger partial charge >= 0.3 is 6.18 Å². The average molecular weight is 563 g/mol. The minimum Gasteiger partial charge on any atom is -0.339 e. The number of nitrogens with zero attached hydrogens (tertiary/aromatic N) is 4. The van der Waals surface area contributed by atoms with Gasteiger partial charge < -0.3 is 9.80 Å². The Bertz CT molecular complexity index is 1100. The molecule has 2 aromatic rings. The summed E-state index contributed by atoms with van der Waals surface area (Å²) in [6, 6.07) is 8.17. The van der Waals surface area contributed by atoms with E-state index in [1.165, 1.54) is 6.07 Å². The number of benzene rings is 2. The van der Waals surface area contributed by atoms with Crippen molar-refractivity contribution in [3.8, 4) is 0 Å². The van der Waals surface area contributed by atoms with Crippen LogP contribution < -0.4 is 0 Å². The lowest BCUT2D eigenvalue weighted by atomic mass is 9.93. The largest absolute Gasteiger partial charge is 0.419 e. The number of hydrogen-bond donors (Lipinski definition) is 0. The molecule has 5 nitrogen and oxygen atoms in total. The predicted molar refractivity (Wildman–Crippen MR) is 138 cm³/mol. The Kier molecular flexibility index (Phi) is 9.85. The van der Waals surface area contributed by atoms with Crippen molar-refractivity contribution in [2.45, 2.75) is 24.7 Å². The van der Waals surface area contributed by atoms with E-state index >= 15 is 0 Å². The van der Waals surface area contributed by atoms with Crippen molar-refractivity contribution in [2.75, 3.05) is 60.9 Å². The Labute approximate surface area is 225 Å². The Morgan fingerprint density at radius 2 is 1.70 bits per heavy atom. The molecule has 1 amide bonds. The van der Waals surface area contributed by atoms with E-state index in [0.717, 1.165) is 30.8 Å². The quantitative estimate of drug-likeness (QED) is 0.399. The summed E-state index contributed by atoms with van der Waals surface area (Å²) in [5, 5.41) is 0.822. The molecule has 11 heteroatoms. The second-order valence-corrected chi connectivity index (χ2v) is 10.7. The van der Waals surface area contributed by atoms with Gasteiger partial charge in [-0.2, -0.15) is 13.2 Å². The SMILES string of the molecule is CN(C)CCN(C)CC(=O)N1CC(c2ccc(Cl)c(Cl)c2)C(N(C)Cc2ccc(C(F)(F)F)c(F)c2)C1. The summed E-state index contributed by atoms with van der Waals surface area (Å²) in [5.41, 5.74) is 0.0267. The van der Waals surface area contributed by atoms with Crippen molar-refractivity contribution < 1.29 is 22.4 Å². The molecule has 1 heterocycles. The highest BCUT2D eigenvalue weighted by Crippen LogP contribution is 2.35. The fraction of sp³-hybridized carbons (Fsp3) is 0.500. The standard InChI is InChI=1S/C26H32Cl2F4N4O/c1-33(2)9-10-34(3)16-25(37)36-14-19(18-6-8-21(27)22(28)12-18)24(15-36)35(4)13-17-5-7-20(23(29)11-17)26(30,31)32/h5-8,11-12,19,24H,9-10,13-16H2,1-4H3. The molecule has 37 heavy (non-hydrogen) atoms. The van der Waals surface area contributed by atoms with Crippen molar-refractivity contribution >= 4 is 29.1 Å². The van der Waals surface area contributed by atoms with Gasteiger partial charge in [0.1, 0.15) is 5.82 Å². The van der Waals surface area contributed by atoms with E-state index < -0.39 is 17.6 Å². The van der Waals surface area contributed by atoms with Gasteiger partial charge in [0.25, 0.3) is 0 Å². The lowest BCUT2D eigenvalue weighted by Gasteiger charge is -2.29. The summed E-state index contributed by atoms with van der Waals surface area (Å²) in [6.45, 7) is 2.92. The zero-order valence-corrected chi connectivity index (χ0v) is 22.8. The molecular weight excluding hydrogens is 531 g/mol. The number of amides is 1. The van der Waals surface area contributed by atoms with E-state index in [-0.39, 0.29) is 31.0 Å². The normalized spacial score (nSPS) is 18.5. The van der Waals surface area contributed by atoms with E-state index in [0.29, 0.717) is 28.7 Å². The van der Waals surface area contributed by atoms with Crippen LogP contribution in [0.5, 0.6) is 0 Å². The topological polar surface area (TPSA) is 30.0 Å². The highest BCUT2D eigenvalue weighted by atomic mass is 35.5. The molecular formula is C26H32Cl2F4N4O. The van der Waals surface area contributed by atoms with Gasteiger partial charge in [-0.3, -0.25) is 14.6 Å². The van der Waals surface area contributed by atoms with E-state index in [1.807, 2.05) is 49.0 Å². The molecule has 204 valence electrons. The Hall–Kier alpha value is -1.91. The van der Waals surface area contributed by atoms with Gasteiger partial charge in [0.05, 0.1) is 22.2 Å². The van der Waals surface area contributed by atoms with Crippen LogP contribution in [0.3, 0.4) is 0 Å². The van der Waals surface area contributed by atoms with Crippen molar-refractivity contribution in [1.29, 1.82) is 0 Å². The van der Waals surface area contributed by atoms with Crippen molar-refractivity contribution in [3.05, 3.63) is 69.0 Å². The Morgan fingerprint density at radius 3 is 2.30 bits per heavy atom. The molecule has 3 rings (SSSR count). The molecule has 0 saturated carbocycles. The fourth-order valence-electron chi connectivity index (χ4n) is 4.58. The van der Waals surface area contributed by atoms with Crippen LogP contribution in [0.2, 0.25) is 10.0 Å². The third-order valence-corrected chi connectivity index (χ3v) is 7.42. The molecule has 0 spiro atoms. The number of carbonyl (C=O) groups is 1. The van der Waals surface area contributed by atoms with Crippen LogP contribution in [0.1, 0.15) is 22.6 Å². The molecule has 0 aliphatic carbocycles. The van der Waals surface area contributed by atoms with Crippen LogP contribution in [0, 0.1) is 5.82 Å². The Morgan fingerprint density at radius 1 is 1.00 bits per heavy atom. The molecule has 0 radical (unpaired) electrons. The average Bonchev–Trinajstić information content (AvgIpc) is 3.24. The van der Waals surface area contributed by atoms with Crippen LogP contribution in [-0.4, -0.2) is 92.5 Å². The van der Waals surface area contributed by atoms with Gasteiger partial charge in [-0.05, 0) is 63.6 Å². The maximum absolute atomic E-state index is 14.2. The second kappa shape index (κ2) is 12.3.